The number of pyridine rings is 1. The van der Waals surface area contributed by atoms with Crippen molar-refractivity contribution < 1.29 is 13.7 Å². The summed E-state index contributed by atoms with van der Waals surface area (Å²) >= 11 is 0. The minimum absolute atomic E-state index is 0.0343. The van der Waals surface area contributed by atoms with E-state index in [1.807, 2.05) is 70.2 Å². The first-order valence-corrected chi connectivity index (χ1v) is 11.5. The Morgan fingerprint density at radius 2 is 1.86 bits per heavy atom. The van der Waals surface area contributed by atoms with Gasteiger partial charge in [-0.2, -0.15) is 0 Å². The van der Waals surface area contributed by atoms with E-state index >= 15 is 0 Å². The van der Waals surface area contributed by atoms with Crippen LogP contribution in [-0.4, -0.2) is 55.0 Å². The Labute approximate surface area is 177 Å². The molecule has 6 nitrogen and oxygen atoms in total. The third-order valence-electron chi connectivity index (χ3n) is 5.92. The quantitative estimate of drug-likeness (QED) is 0.721. The van der Waals surface area contributed by atoms with Gasteiger partial charge in [0.1, 0.15) is 16.6 Å². The first kappa shape index (κ1) is 22.2. The number of aromatic nitrogens is 1. The van der Waals surface area contributed by atoms with E-state index in [2.05, 4.69) is 11.1 Å². The SMILES string of the molecule is CN(C1c2cnccc2CC12CCN(C(=O)OC(C)(C)C)CC2)S(=O)C(C)(C)C. The molecule has 2 atom stereocenters. The number of ether oxygens (including phenoxy) is 1. The molecular weight excluding hydrogens is 386 g/mol. The van der Waals surface area contributed by atoms with Crippen molar-refractivity contribution in [2.24, 2.45) is 5.41 Å². The summed E-state index contributed by atoms with van der Waals surface area (Å²) in [7, 11) is 0.831. The molecule has 1 amide bonds. The molecule has 162 valence electrons. The van der Waals surface area contributed by atoms with E-state index in [0.29, 0.717) is 13.1 Å². The van der Waals surface area contributed by atoms with Crippen LogP contribution in [0.3, 0.4) is 0 Å². The molecule has 0 N–H and O–H groups in total. The highest BCUT2D eigenvalue weighted by molar-refractivity contribution is 7.84. The van der Waals surface area contributed by atoms with Crippen molar-refractivity contribution in [2.45, 2.75) is 77.2 Å². The topological polar surface area (TPSA) is 62.7 Å². The maximum absolute atomic E-state index is 13.2. The normalized spacial score (nSPS) is 22.6. The summed E-state index contributed by atoms with van der Waals surface area (Å²) in [5.74, 6) is 0. The fourth-order valence-electron chi connectivity index (χ4n) is 4.67. The van der Waals surface area contributed by atoms with Gasteiger partial charge in [-0.1, -0.05) is 0 Å². The van der Waals surface area contributed by atoms with E-state index in [-0.39, 0.29) is 22.3 Å². The average molecular weight is 422 g/mol. The lowest BCUT2D eigenvalue weighted by Gasteiger charge is -2.46. The zero-order chi connectivity index (χ0) is 21.6. The largest absolute Gasteiger partial charge is 0.444 e. The van der Waals surface area contributed by atoms with Crippen LogP contribution >= 0.6 is 0 Å². The minimum Gasteiger partial charge on any atom is -0.444 e. The van der Waals surface area contributed by atoms with Crippen LogP contribution in [0.15, 0.2) is 18.5 Å². The fraction of sp³-hybridized carbons (Fsp3) is 0.727. The first-order valence-electron chi connectivity index (χ1n) is 10.4. The number of piperidine rings is 1. The van der Waals surface area contributed by atoms with Crippen LogP contribution in [0.2, 0.25) is 0 Å². The van der Waals surface area contributed by atoms with Gasteiger partial charge in [-0.25, -0.2) is 13.3 Å². The lowest BCUT2D eigenvalue weighted by molar-refractivity contribution is 0.00203. The standard InChI is InChI=1S/C22H35N3O3S/c1-20(2,3)28-19(26)25-12-9-22(10-13-25)14-16-8-11-23-15-17(16)18(22)24(7)29(27)21(4,5)6/h8,11,15,18H,9-10,12-14H2,1-7H3. The maximum atomic E-state index is 13.2. The third-order valence-corrected chi connectivity index (χ3v) is 7.70. The molecule has 7 heteroatoms. The van der Waals surface area contributed by atoms with Crippen molar-refractivity contribution in [3.05, 3.63) is 29.6 Å². The lowest BCUT2D eigenvalue weighted by atomic mass is 9.73. The predicted octanol–water partition coefficient (Wildman–Crippen LogP) is 4.09. The van der Waals surface area contributed by atoms with E-state index in [0.717, 1.165) is 19.3 Å². The Morgan fingerprint density at radius 3 is 2.41 bits per heavy atom. The second kappa shape index (κ2) is 7.65. The van der Waals surface area contributed by atoms with Crippen LogP contribution in [0.1, 0.15) is 71.6 Å². The summed E-state index contributed by atoms with van der Waals surface area (Å²) < 4.78 is 20.5. The number of hydrogen-bond acceptors (Lipinski definition) is 4. The molecule has 1 aromatic rings. The van der Waals surface area contributed by atoms with Gasteiger partial charge in [0.05, 0.1) is 10.8 Å². The molecule has 1 aliphatic heterocycles. The van der Waals surface area contributed by atoms with Crippen LogP contribution < -0.4 is 0 Å². The molecule has 0 aromatic carbocycles. The van der Waals surface area contributed by atoms with E-state index in [4.69, 9.17) is 4.74 Å². The smallest absolute Gasteiger partial charge is 0.410 e. The number of carbonyl (C=O) groups excluding carboxylic acids is 1. The molecule has 29 heavy (non-hydrogen) atoms. The molecule has 1 fully saturated rings. The molecule has 2 heterocycles. The molecule has 1 aromatic heterocycles. The van der Waals surface area contributed by atoms with Gasteiger partial charge in [-0.3, -0.25) is 4.98 Å². The van der Waals surface area contributed by atoms with Crippen LogP contribution in [0.5, 0.6) is 0 Å². The fourth-order valence-corrected chi connectivity index (χ4v) is 6.06. The molecule has 1 aliphatic carbocycles. The number of likely N-dealkylation sites (tertiary alicyclic amines) is 1. The lowest BCUT2D eigenvalue weighted by Crippen LogP contribution is -2.50. The van der Waals surface area contributed by atoms with E-state index in [1.54, 1.807) is 0 Å². The molecular formula is C22H35N3O3S. The molecule has 0 saturated carbocycles. The summed E-state index contributed by atoms with van der Waals surface area (Å²) in [6.45, 7) is 13.0. The van der Waals surface area contributed by atoms with Crippen LogP contribution in [0.25, 0.3) is 0 Å². The minimum atomic E-state index is -1.14. The van der Waals surface area contributed by atoms with Gasteiger partial charge in [-0.05, 0) is 83.4 Å². The number of rotatable bonds is 2. The Balaban J connectivity index is 1.85. The van der Waals surface area contributed by atoms with Gasteiger partial charge in [0.15, 0.2) is 0 Å². The Bertz CT molecular complexity index is 789. The van der Waals surface area contributed by atoms with Gasteiger partial charge in [0.25, 0.3) is 0 Å². The first-order chi connectivity index (χ1) is 13.3. The highest BCUT2D eigenvalue weighted by Gasteiger charge is 2.52. The van der Waals surface area contributed by atoms with Crippen molar-refractivity contribution in [1.29, 1.82) is 0 Å². The number of nitrogens with zero attached hydrogens (tertiary/aromatic N) is 3. The van der Waals surface area contributed by atoms with Crippen LogP contribution in [0, 0.1) is 5.41 Å². The highest BCUT2D eigenvalue weighted by atomic mass is 32.2. The van der Waals surface area contributed by atoms with Crippen molar-refractivity contribution in [3.63, 3.8) is 0 Å². The Morgan fingerprint density at radius 1 is 1.24 bits per heavy atom. The summed E-state index contributed by atoms with van der Waals surface area (Å²) in [5, 5.41) is 0. The zero-order valence-corrected chi connectivity index (χ0v) is 19.6. The van der Waals surface area contributed by atoms with Gasteiger partial charge in [0.2, 0.25) is 0 Å². The van der Waals surface area contributed by atoms with Crippen LogP contribution in [-0.2, 0) is 22.1 Å². The molecule has 3 rings (SSSR count). The van der Waals surface area contributed by atoms with Gasteiger partial charge in [-0.15, -0.1) is 0 Å². The number of amides is 1. The number of hydrogen-bond donors (Lipinski definition) is 0. The Kier molecular flexibility index (Phi) is 5.86. The average Bonchev–Trinajstić information content (AvgIpc) is 2.92. The van der Waals surface area contributed by atoms with E-state index in [1.165, 1.54) is 11.1 Å². The molecule has 1 saturated heterocycles. The van der Waals surface area contributed by atoms with E-state index < -0.39 is 16.6 Å². The van der Waals surface area contributed by atoms with Crippen molar-refractivity contribution in [3.8, 4) is 0 Å². The number of carbonyl (C=O) groups is 1. The van der Waals surface area contributed by atoms with Gasteiger partial charge < -0.3 is 9.64 Å². The highest BCUT2D eigenvalue weighted by Crippen LogP contribution is 2.55. The predicted molar refractivity (Wildman–Crippen MR) is 116 cm³/mol. The second-order valence-electron chi connectivity index (χ2n) is 10.4. The molecule has 2 unspecified atom stereocenters. The summed E-state index contributed by atoms with van der Waals surface area (Å²) in [4.78, 5) is 18.7. The Hall–Kier alpha value is -1.47. The summed E-state index contributed by atoms with van der Waals surface area (Å²) in [6, 6.07) is 2.12. The summed E-state index contributed by atoms with van der Waals surface area (Å²) in [6.07, 6.45) is 6.18. The molecule has 1 spiro atoms. The van der Waals surface area contributed by atoms with Gasteiger partial charge in [0, 0.05) is 32.5 Å². The third kappa shape index (κ3) is 4.50. The monoisotopic (exact) mass is 421 g/mol. The molecule has 2 aliphatic rings. The summed E-state index contributed by atoms with van der Waals surface area (Å²) in [5.41, 5.74) is 1.93. The van der Waals surface area contributed by atoms with Crippen molar-refractivity contribution in [1.82, 2.24) is 14.2 Å². The zero-order valence-electron chi connectivity index (χ0n) is 18.8. The number of fused-ring (bicyclic) bond motifs is 1. The van der Waals surface area contributed by atoms with Crippen molar-refractivity contribution >= 4 is 17.1 Å². The maximum Gasteiger partial charge on any atom is 0.410 e. The van der Waals surface area contributed by atoms with E-state index in [9.17, 15) is 9.00 Å². The molecule has 0 radical (unpaired) electrons. The van der Waals surface area contributed by atoms with Crippen LogP contribution in [0.4, 0.5) is 4.79 Å². The second-order valence-corrected chi connectivity index (χ2v) is 12.7. The van der Waals surface area contributed by atoms with Gasteiger partial charge >= 0.3 is 6.09 Å². The molecule has 0 bridgehead atoms. The van der Waals surface area contributed by atoms with Crippen molar-refractivity contribution in [2.75, 3.05) is 20.1 Å².